The Labute approximate surface area is 92.3 Å². The van der Waals surface area contributed by atoms with Gasteiger partial charge in [0, 0.05) is 16.6 Å². The summed E-state index contributed by atoms with van der Waals surface area (Å²) in [4.78, 5) is 0.934. The van der Waals surface area contributed by atoms with Crippen molar-refractivity contribution in [3.63, 3.8) is 0 Å². The molecule has 1 aromatic heterocycles. The molecule has 0 atom stereocenters. The molecule has 0 radical (unpaired) electrons. The summed E-state index contributed by atoms with van der Waals surface area (Å²) >= 11 is 6.63. The largest absolute Gasteiger partial charge is 0.323 e. The van der Waals surface area contributed by atoms with Gasteiger partial charge in [-0.1, -0.05) is 0 Å². The monoisotopic (exact) mass is 249 g/mol. The highest BCUT2D eigenvalue weighted by Crippen LogP contribution is 2.32. The SMILES string of the molecule is CC(C)n1c2c(sc1=S)CS(=O)(=O)C2. The van der Waals surface area contributed by atoms with Crippen LogP contribution in [0.3, 0.4) is 0 Å². The van der Waals surface area contributed by atoms with Crippen LogP contribution in [0, 0.1) is 3.95 Å². The normalized spacial score (nSPS) is 18.8. The van der Waals surface area contributed by atoms with Gasteiger partial charge in [0.05, 0.1) is 11.5 Å². The van der Waals surface area contributed by atoms with Crippen molar-refractivity contribution in [3.8, 4) is 0 Å². The molecule has 2 heterocycles. The number of aromatic nitrogens is 1. The number of hydrogen-bond acceptors (Lipinski definition) is 4. The van der Waals surface area contributed by atoms with Crippen LogP contribution in [0.2, 0.25) is 0 Å². The Kier molecular flexibility index (Phi) is 2.32. The molecule has 2 rings (SSSR count). The minimum atomic E-state index is -2.89. The van der Waals surface area contributed by atoms with E-state index in [4.69, 9.17) is 12.2 Å². The lowest BCUT2D eigenvalue weighted by atomic mass is 10.3. The third-order valence-electron chi connectivity index (χ3n) is 2.24. The van der Waals surface area contributed by atoms with Crippen LogP contribution >= 0.6 is 23.6 Å². The first kappa shape index (κ1) is 10.3. The van der Waals surface area contributed by atoms with E-state index in [1.54, 1.807) is 0 Å². The van der Waals surface area contributed by atoms with E-state index in [-0.39, 0.29) is 17.5 Å². The molecule has 0 amide bonds. The summed E-state index contributed by atoms with van der Waals surface area (Å²) in [5.74, 6) is 0.337. The Morgan fingerprint density at radius 2 is 2.07 bits per heavy atom. The van der Waals surface area contributed by atoms with E-state index in [2.05, 4.69) is 0 Å². The van der Waals surface area contributed by atoms with Gasteiger partial charge < -0.3 is 4.57 Å². The van der Waals surface area contributed by atoms with E-state index in [0.717, 1.165) is 14.5 Å². The lowest BCUT2D eigenvalue weighted by molar-refractivity contribution is 0.575. The Morgan fingerprint density at radius 1 is 1.43 bits per heavy atom. The maximum atomic E-state index is 11.4. The summed E-state index contributed by atoms with van der Waals surface area (Å²) in [7, 11) is -2.89. The molecule has 0 aromatic carbocycles. The van der Waals surface area contributed by atoms with Crippen LogP contribution in [0.4, 0.5) is 0 Å². The van der Waals surface area contributed by atoms with Gasteiger partial charge >= 0.3 is 0 Å². The van der Waals surface area contributed by atoms with Crippen LogP contribution in [0.1, 0.15) is 30.5 Å². The van der Waals surface area contributed by atoms with Crippen LogP contribution in [-0.4, -0.2) is 13.0 Å². The average molecular weight is 249 g/mol. The van der Waals surface area contributed by atoms with Crippen molar-refractivity contribution >= 4 is 33.4 Å². The van der Waals surface area contributed by atoms with Crippen LogP contribution < -0.4 is 0 Å². The van der Waals surface area contributed by atoms with E-state index < -0.39 is 9.84 Å². The zero-order valence-corrected chi connectivity index (χ0v) is 10.4. The smallest absolute Gasteiger partial charge is 0.161 e. The standard InChI is InChI=1S/C8H11NO2S3/c1-5(2)9-6-3-14(10,11)4-7(6)13-8(9)12/h5H,3-4H2,1-2H3. The molecule has 3 nitrogen and oxygen atoms in total. The van der Waals surface area contributed by atoms with Crippen molar-refractivity contribution in [2.24, 2.45) is 0 Å². The molecule has 78 valence electrons. The minimum absolute atomic E-state index is 0.160. The molecule has 6 heteroatoms. The Morgan fingerprint density at radius 3 is 2.64 bits per heavy atom. The van der Waals surface area contributed by atoms with Crippen LogP contribution in [0.25, 0.3) is 0 Å². The maximum Gasteiger partial charge on any atom is 0.161 e. The van der Waals surface area contributed by atoms with Crippen molar-refractivity contribution in [2.45, 2.75) is 31.4 Å². The summed E-state index contributed by atoms with van der Waals surface area (Å²) in [6, 6.07) is 0.246. The maximum absolute atomic E-state index is 11.4. The molecule has 0 fully saturated rings. The first-order valence-electron chi connectivity index (χ1n) is 4.34. The van der Waals surface area contributed by atoms with Crippen molar-refractivity contribution < 1.29 is 8.42 Å². The van der Waals surface area contributed by atoms with Crippen LogP contribution in [0.5, 0.6) is 0 Å². The average Bonchev–Trinajstić information content (AvgIpc) is 2.37. The number of fused-ring (bicyclic) bond motifs is 1. The summed E-state index contributed by atoms with van der Waals surface area (Å²) in [5, 5.41) is 0. The number of sulfone groups is 1. The Bertz CT molecular complexity index is 521. The molecule has 0 spiro atoms. The first-order chi connectivity index (χ1) is 6.41. The van der Waals surface area contributed by atoms with Crippen molar-refractivity contribution in [2.75, 3.05) is 0 Å². The molecule has 1 aromatic rings. The van der Waals surface area contributed by atoms with E-state index in [1.807, 2.05) is 18.4 Å². The second-order valence-corrected chi connectivity index (χ2v) is 7.53. The fourth-order valence-electron chi connectivity index (χ4n) is 1.70. The highest BCUT2D eigenvalue weighted by Gasteiger charge is 2.30. The zero-order valence-electron chi connectivity index (χ0n) is 7.98. The van der Waals surface area contributed by atoms with Crippen LogP contribution in [-0.2, 0) is 21.3 Å². The van der Waals surface area contributed by atoms with Gasteiger partial charge in [-0.15, -0.1) is 11.3 Å². The third kappa shape index (κ3) is 1.55. The fraction of sp³-hybridized carbons (Fsp3) is 0.625. The highest BCUT2D eigenvalue weighted by molar-refractivity contribution is 7.90. The lowest BCUT2D eigenvalue weighted by Crippen LogP contribution is -2.06. The van der Waals surface area contributed by atoms with Gasteiger partial charge in [-0.25, -0.2) is 8.42 Å². The first-order valence-corrected chi connectivity index (χ1v) is 7.39. The second-order valence-electron chi connectivity index (χ2n) is 3.73. The third-order valence-corrected chi connectivity index (χ3v) is 5.31. The molecule has 1 aliphatic heterocycles. The van der Waals surface area contributed by atoms with Gasteiger partial charge in [-0.05, 0) is 26.1 Å². The molecule has 0 saturated carbocycles. The van der Waals surface area contributed by atoms with Crippen molar-refractivity contribution in [1.82, 2.24) is 4.57 Å². The summed E-state index contributed by atoms with van der Waals surface area (Å²) in [6.07, 6.45) is 0. The van der Waals surface area contributed by atoms with Gasteiger partial charge in [0.25, 0.3) is 0 Å². The number of rotatable bonds is 1. The van der Waals surface area contributed by atoms with E-state index >= 15 is 0 Å². The molecule has 0 saturated heterocycles. The Balaban J connectivity index is 2.63. The lowest BCUT2D eigenvalue weighted by Gasteiger charge is -2.09. The number of nitrogens with zero attached hydrogens (tertiary/aromatic N) is 1. The van der Waals surface area contributed by atoms with Gasteiger partial charge in [0.2, 0.25) is 0 Å². The topological polar surface area (TPSA) is 39.1 Å². The van der Waals surface area contributed by atoms with Crippen LogP contribution in [0.15, 0.2) is 0 Å². The van der Waals surface area contributed by atoms with Gasteiger partial charge in [0.15, 0.2) is 13.8 Å². The summed E-state index contributed by atoms with van der Waals surface area (Å²) < 4.78 is 25.5. The number of thiazole rings is 1. The molecular formula is C8H11NO2S3. The fourth-order valence-corrected chi connectivity index (χ4v) is 5.51. The molecular weight excluding hydrogens is 238 g/mol. The quantitative estimate of drug-likeness (QED) is 0.717. The summed E-state index contributed by atoms with van der Waals surface area (Å²) in [6.45, 7) is 4.04. The van der Waals surface area contributed by atoms with E-state index in [0.29, 0.717) is 0 Å². The predicted octanol–water partition coefficient (Wildman–Crippen LogP) is 2.29. The molecule has 0 aliphatic carbocycles. The van der Waals surface area contributed by atoms with Gasteiger partial charge in [0.1, 0.15) is 0 Å². The van der Waals surface area contributed by atoms with Gasteiger partial charge in [-0.3, -0.25) is 0 Å². The minimum Gasteiger partial charge on any atom is -0.323 e. The molecule has 0 unspecified atom stereocenters. The summed E-state index contributed by atoms with van der Waals surface area (Å²) in [5.41, 5.74) is 0.912. The van der Waals surface area contributed by atoms with Crippen molar-refractivity contribution in [3.05, 3.63) is 14.5 Å². The second kappa shape index (κ2) is 3.15. The Hall–Kier alpha value is -0.200. The highest BCUT2D eigenvalue weighted by atomic mass is 32.2. The zero-order chi connectivity index (χ0) is 10.5. The molecule has 14 heavy (non-hydrogen) atoms. The number of hydrogen-bond donors (Lipinski definition) is 0. The predicted molar refractivity (Wildman–Crippen MR) is 59.9 cm³/mol. The van der Waals surface area contributed by atoms with Crippen molar-refractivity contribution in [1.29, 1.82) is 0 Å². The molecule has 1 aliphatic rings. The molecule has 0 N–H and O–H groups in total. The van der Waals surface area contributed by atoms with E-state index in [9.17, 15) is 8.42 Å². The molecule has 0 bridgehead atoms. The van der Waals surface area contributed by atoms with Gasteiger partial charge in [-0.2, -0.15) is 0 Å². The van der Waals surface area contributed by atoms with E-state index in [1.165, 1.54) is 11.3 Å².